The third kappa shape index (κ3) is 3.23. The molecule has 0 unspecified atom stereocenters. The van der Waals surface area contributed by atoms with Gasteiger partial charge in [0.15, 0.2) is 0 Å². The number of hydrogen-bond acceptors (Lipinski definition) is 7. The molecule has 0 amide bonds. The van der Waals surface area contributed by atoms with Crippen molar-refractivity contribution >= 4 is 11.9 Å². The predicted molar refractivity (Wildman–Crippen MR) is 72.5 cm³/mol. The van der Waals surface area contributed by atoms with Crippen LogP contribution in [0.1, 0.15) is 32.6 Å². The van der Waals surface area contributed by atoms with E-state index in [1.807, 2.05) is 0 Å². The lowest BCUT2D eigenvalue weighted by Gasteiger charge is -2.40. The van der Waals surface area contributed by atoms with E-state index in [-0.39, 0.29) is 18.2 Å². The molecule has 3 N–H and O–H groups in total. The van der Waals surface area contributed by atoms with Crippen molar-refractivity contribution in [1.82, 2.24) is 15.0 Å². The van der Waals surface area contributed by atoms with E-state index < -0.39 is 0 Å². The number of anilines is 2. The normalized spacial score (nSPS) is 16.6. The van der Waals surface area contributed by atoms with E-state index in [9.17, 15) is 5.11 Å². The van der Waals surface area contributed by atoms with Gasteiger partial charge in [0, 0.05) is 6.54 Å². The zero-order valence-electron chi connectivity index (χ0n) is 11.4. The van der Waals surface area contributed by atoms with E-state index >= 15 is 0 Å². The summed E-state index contributed by atoms with van der Waals surface area (Å²) in [4.78, 5) is 12.6. The monoisotopic (exact) mass is 267 g/mol. The number of aliphatic hydroxyl groups is 1. The maximum Gasteiger partial charge on any atom is 0.322 e. The van der Waals surface area contributed by atoms with E-state index in [0.29, 0.717) is 11.9 Å². The van der Waals surface area contributed by atoms with Crippen molar-refractivity contribution in [2.75, 3.05) is 30.9 Å². The van der Waals surface area contributed by atoms with Crippen LogP contribution in [0.5, 0.6) is 6.01 Å². The fourth-order valence-electron chi connectivity index (χ4n) is 1.98. The number of methoxy groups -OCH3 is 1. The van der Waals surface area contributed by atoms with Crippen LogP contribution in [0.3, 0.4) is 0 Å². The molecule has 0 atom stereocenters. The van der Waals surface area contributed by atoms with E-state index in [4.69, 9.17) is 4.74 Å². The first kappa shape index (κ1) is 13.8. The Hall–Kier alpha value is -1.63. The van der Waals surface area contributed by atoms with Gasteiger partial charge in [-0.15, -0.1) is 0 Å². The van der Waals surface area contributed by atoms with Gasteiger partial charge >= 0.3 is 6.01 Å². The summed E-state index contributed by atoms with van der Waals surface area (Å²) >= 11 is 0. The van der Waals surface area contributed by atoms with Gasteiger partial charge in [-0.3, -0.25) is 0 Å². The zero-order valence-corrected chi connectivity index (χ0v) is 11.4. The van der Waals surface area contributed by atoms with Gasteiger partial charge in [0.2, 0.25) is 11.9 Å². The van der Waals surface area contributed by atoms with Crippen LogP contribution >= 0.6 is 0 Å². The van der Waals surface area contributed by atoms with Crippen molar-refractivity contribution in [1.29, 1.82) is 0 Å². The summed E-state index contributed by atoms with van der Waals surface area (Å²) in [7, 11) is 1.52. The highest BCUT2D eigenvalue weighted by Gasteiger charge is 2.37. The van der Waals surface area contributed by atoms with Gasteiger partial charge in [-0.25, -0.2) is 0 Å². The van der Waals surface area contributed by atoms with Crippen molar-refractivity contribution in [3.63, 3.8) is 0 Å². The molecule has 1 aliphatic rings. The summed E-state index contributed by atoms with van der Waals surface area (Å²) in [5, 5.41) is 15.8. The van der Waals surface area contributed by atoms with Crippen molar-refractivity contribution in [3.05, 3.63) is 0 Å². The highest BCUT2D eigenvalue weighted by Crippen LogP contribution is 2.34. The van der Waals surface area contributed by atoms with Crippen molar-refractivity contribution in [3.8, 4) is 6.01 Å². The number of ether oxygens (including phenoxy) is 1. The number of rotatable bonds is 7. The van der Waals surface area contributed by atoms with Crippen molar-refractivity contribution < 1.29 is 9.84 Å². The standard InChI is InChI=1S/C12H21N5O2/c1-3-7-13-9-14-10(16-11(15-9)19-2)17-12(8-18)5-4-6-12/h18H,3-8H2,1-2H3,(H2,13,14,15,16,17). The molecule has 1 fully saturated rings. The summed E-state index contributed by atoms with van der Waals surface area (Å²) in [6.07, 6.45) is 3.94. The Morgan fingerprint density at radius 1 is 1.26 bits per heavy atom. The number of nitrogens with one attached hydrogen (secondary N) is 2. The highest BCUT2D eigenvalue weighted by molar-refractivity contribution is 5.38. The van der Waals surface area contributed by atoms with Gasteiger partial charge < -0.3 is 20.5 Å². The summed E-state index contributed by atoms with van der Waals surface area (Å²) in [5.41, 5.74) is -0.283. The first-order chi connectivity index (χ1) is 9.21. The van der Waals surface area contributed by atoms with Crippen molar-refractivity contribution in [2.24, 2.45) is 0 Å². The molecule has 0 radical (unpaired) electrons. The molecule has 7 nitrogen and oxygen atoms in total. The Labute approximate surface area is 112 Å². The Bertz CT molecular complexity index is 417. The van der Waals surface area contributed by atoms with Gasteiger partial charge in [0.1, 0.15) is 0 Å². The SMILES string of the molecule is CCCNc1nc(NC2(CO)CCC2)nc(OC)n1. The molecule has 106 valence electrons. The molecule has 19 heavy (non-hydrogen) atoms. The third-order valence-corrected chi connectivity index (χ3v) is 3.32. The van der Waals surface area contributed by atoms with Gasteiger partial charge in [-0.05, 0) is 25.7 Å². The van der Waals surface area contributed by atoms with Gasteiger partial charge in [-0.1, -0.05) is 6.92 Å². The van der Waals surface area contributed by atoms with E-state index in [0.717, 1.165) is 32.2 Å². The number of nitrogens with zero attached hydrogens (tertiary/aromatic N) is 3. The summed E-state index contributed by atoms with van der Waals surface area (Å²) in [5.74, 6) is 0.933. The second-order valence-corrected chi connectivity index (χ2v) is 4.81. The smallest absolute Gasteiger partial charge is 0.322 e. The maximum atomic E-state index is 9.45. The summed E-state index contributed by atoms with van der Waals surface area (Å²) < 4.78 is 5.07. The quantitative estimate of drug-likeness (QED) is 0.679. The minimum atomic E-state index is -0.283. The van der Waals surface area contributed by atoms with Gasteiger partial charge in [-0.2, -0.15) is 15.0 Å². The Morgan fingerprint density at radius 2 is 2.00 bits per heavy atom. The molecule has 1 saturated carbocycles. The summed E-state index contributed by atoms with van der Waals surface area (Å²) in [6.45, 7) is 2.94. The van der Waals surface area contributed by atoms with Crippen LogP contribution in [0.2, 0.25) is 0 Å². The zero-order chi connectivity index (χ0) is 13.7. The number of aliphatic hydroxyl groups excluding tert-OH is 1. The lowest BCUT2D eigenvalue weighted by Crippen LogP contribution is -2.48. The average molecular weight is 267 g/mol. The van der Waals surface area contributed by atoms with E-state index in [1.54, 1.807) is 0 Å². The minimum Gasteiger partial charge on any atom is -0.467 e. The molecule has 2 rings (SSSR count). The molecule has 1 heterocycles. The second kappa shape index (κ2) is 6.01. The molecule has 1 aromatic heterocycles. The molecule has 0 aliphatic heterocycles. The van der Waals surface area contributed by atoms with Crippen LogP contribution in [-0.2, 0) is 0 Å². The third-order valence-electron chi connectivity index (χ3n) is 3.32. The Kier molecular flexibility index (Phi) is 4.36. The minimum absolute atomic E-state index is 0.0821. The Balaban J connectivity index is 2.14. The van der Waals surface area contributed by atoms with Crippen LogP contribution in [-0.4, -0.2) is 45.9 Å². The van der Waals surface area contributed by atoms with Gasteiger partial charge in [0.25, 0.3) is 0 Å². The maximum absolute atomic E-state index is 9.45. The van der Waals surface area contributed by atoms with Crippen molar-refractivity contribution in [2.45, 2.75) is 38.1 Å². The molecular weight excluding hydrogens is 246 g/mol. The van der Waals surface area contributed by atoms with Crippen LogP contribution in [0.25, 0.3) is 0 Å². The average Bonchev–Trinajstić information content (AvgIpc) is 2.40. The number of hydrogen-bond donors (Lipinski definition) is 3. The second-order valence-electron chi connectivity index (χ2n) is 4.81. The fraction of sp³-hybridized carbons (Fsp3) is 0.750. The lowest BCUT2D eigenvalue weighted by atomic mass is 9.77. The fourth-order valence-corrected chi connectivity index (χ4v) is 1.98. The van der Waals surface area contributed by atoms with Crippen LogP contribution < -0.4 is 15.4 Å². The first-order valence-electron chi connectivity index (χ1n) is 6.64. The number of aromatic nitrogens is 3. The first-order valence-corrected chi connectivity index (χ1v) is 6.64. The molecule has 0 spiro atoms. The molecule has 1 aromatic rings. The topological polar surface area (TPSA) is 92.2 Å². The van der Waals surface area contributed by atoms with Crippen LogP contribution in [0.15, 0.2) is 0 Å². The molecule has 0 bridgehead atoms. The summed E-state index contributed by atoms with van der Waals surface area (Å²) in [6, 6.07) is 0.267. The largest absolute Gasteiger partial charge is 0.467 e. The van der Waals surface area contributed by atoms with Crippen LogP contribution in [0.4, 0.5) is 11.9 Å². The molecule has 1 aliphatic carbocycles. The lowest BCUT2D eigenvalue weighted by molar-refractivity contribution is 0.143. The van der Waals surface area contributed by atoms with E-state index in [1.165, 1.54) is 7.11 Å². The van der Waals surface area contributed by atoms with Crippen LogP contribution in [0, 0.1) is 0 Å². The molecule has 7 heteroatoms. The molecule has 0 saturated heterocycles. The molecular formula is C12H21N5O2. The van der Waals surface area contributed by atoms with Gasteiger partial charge in [0.05, 0.1) is 19.3 Å². The molecule has 0 aromatic carbocycles. The highest BCUT2D eigenvalue weighted by atomic mass is 16.5. The van der Waals surface area contributed by atoms with E-state index in [2.05, 4.69) is 32.5 Å². The Morgan fingerprint density at radius 3 is 2.53 bits per heavy atom. The predicted octanol–water partition coefficient (Wildman–Crippen LogP) is 1.03.